The van der Waals surface area contributed by atoms with Crippen LogP contribution in [0.2, 0.25) is 0 Å². The van der Waals surface area contributed by atoms with Crippen LogP contribution in [0.15, 0.2) is 34.8 Å². The van der Waals surface area contributed by atoms with Gasteiger partial charge in [-0.1, -0.05) is 12.1 Å². The van der Waals surface area contributed by atoms with Crippen LogP contribution in [0.4, 0.5) is 0 Å². The van der Waals surface area contributed by atoms with Crippen LogP contribution in [0.3, 0.4) is 0 Å². The van der Waals surface area contributed by atoms with E-state index in [0.29, 0.717) is 12.6 Å². The Kier molecular flexibility index (Phi) is 7.68. The van der Waals surface area contributed by atoms with Crippen molar-refractivity contribution in [3.63, 3.8) is 0 Å². The van der Waals surface area contributed by atoms with Crippen LogP contribution in [0.5, 0.6) is 5.75 Å². The van der Waals surface area contributed by atoms with Gasteiger partial charge in [-0.15, -0.1) is 11.3 Å². The van der Waals surface area contributed by atoms with Crippen molar-refractivity contribution in [2.75, 3.05) is 33.3 Å². The van der Waals surface area contributed by atoms with Crippen molar-refractivity contribution in [3.8, 4) is 5.75 Å². The zero-order valence-corrected chi connectivity index (χ0v) is 17.9. The van der Waals surface area contributed by atoms with Crippen LogP contribution in [0.25, 0.3) is 0 Å². The molecule has 1 saturated heterocycles. The van der Waals surface area contributed by atoms with Gasteiger partial charge in [0.15, 0.2) is 5.96 Å². The molecule has 28 heavy (non-hydrogen) atoms. The van der Waals surface area contributed by atoms with Crippen molar-refractivity contribution in [2.45, 2.75) is 39.3 Å². The molecular weight excluding hydrogens is 370 g/mol. The Hall–Kier alpha value is -2.12. The molecule has 1 unspecified atom stereocenters. The molecule has 7 heteroatoms. The lowest BCUT2D eigenvalue weighted by Gasteiger charge is -2.29. The topological polar surface area (TPSA) is 61.8 Å². The number of hydrogen-bond acceptors (Lipinski definition) is 5. The van der Waals surface area contributed by atoms with E-state index >= 15 is 0 Å². The Labute approximate surface area is 172 Å². The lowest BCUT2D eigenvalue weighted by molar-refractivity contribution is 0.245. The van der Waals surface area contributed by atoms with E-state index < -0.39 is 0 Å². The number of likely N-dealkylation sites (tertiary alicyclic amines) is 1. The Bertz CT molecular complexity index is 752. The molecule has 1 aromatic carbocycles. The maximum atomic E-state index is 5.32. The number of aromatic nitrogens is 1. The molecule has 0 aliphatic carbocycles. The summed E-state index contributed by atoms with van der Waals surface area (Å²) in [4.78, 5) is 12.8. The molecule has 0 bridgehead atoms. The number of methoxy groups -OCH3 is 1. The number of aryl methyl sites for hydroxylation is 1. The number of guanidine groups is 1. The first-order chi connectivity index (χ1) is 13.7. The van der Waals surface area contributed by atoms with Gasteiger partial charge in [-0.2, -0.15) is 0 Å². The number of thiazole rings is 1. The predicted molar refractivity (Wildman–Crippen MR) is 116 cm³/mol. The summed E-state index contributed by atoms with van der Waals surface area (Å²) < 4.78 is 5.32. The van der Waals surface area contributed by atoms with Gasteiger partial charge in [0.2, 0.25) is 0 Å². The van der Waals surface area contributed by atoms with Crippen molar-refractivity contribution < 1.29 is 4.74 Å². The summed E-state index contributed by atoms with van der Waals surface area (Å²) >= 11 is 1.66. The van der Waals surface area contributed by atoms with E-state index in [-0.39, 0.29) is 0 Å². The largest absolute Gasteiger partial charge is 0.497 e. The van der Waals surface area contributed by atoms with Crippen LogP contribution in [0, 0.1) is 6.92 Å². The Morgan fingerprint density at radius 2 is 2.00 bits per heavy atom. The normalized spacial score (nSPS) is 16.2. The number of benzene rings is 1. The summed E-state index contributed by atoms with van der Waals surface area (Å²) in [5.74, 6) is 1.75. The van der Waals surface area contributed by atoms with Gasteiger partial charge in [0, 0.05) is 18.0 Å². The highest BCUT2D eigenvalue weighted by molar-refractivity contribution is 7.09. The molecular formula is C21H31N5OS. The van der Waals surface area contributed by atoms with Gasteiger partial charge < -0.3 is 15.4 Å². The van der Waals surface area contributed by atoms with E-state index in [1.54, 1.807) is 18.4 Å². The number of hydrogen-bond donors (Lipinski definition) is 2. The van der Waals surface area contributed by atoms with Gasteiger partial charge in [0.1, 0.15) is 5.75 Å². The Morgan fingerprint density at radius 1 is 1.25 bits per heavy atom. The van der Waals surface area contributed by atoms with Crippen LogP contribution in [-0.2, 0) is 6.54 Å². The summed E-state index contributed by atoms with van der Waals surface area (Å²) in [5, 5.41) is 6.92. The van der Waals surface area contributed by atoms with Crippen molar-refractivity contribution in [3.05, 3.63) is 45.9 Å². The second-order valence-corrected chi connectivity index (χ2v) is 7.91. The molecule has 2 N–H and O–H groups in total. The maximum Gasteiger partial charge on any atom is 0.191 e. The monoisotopic (exact) mass is 401 g/mol. The average molecular weight is 402 g/mol. The van der Waals surface area contributed by atoms with Crippen LogP contribution in [0.1, 0.15) is 41.9 Å². The minimum absolute atomic E-state index is 0.322. The molecule has 1 fully saturated rings. The molecule has 1 aromatic heterocycles. The third kappa shape index (κ3) is 5.45. The third-order valence-electron chi connectivity index (χ3n) is 5.11. The van der Waals surface area contributed by atoms with Gasteiger partial charge in [0.05, 0.1) is 30.9 Å². The summed E-state index contributed by atoms with van der Waals surface area (Å²) in [7, 11) is 1.71. The van der Waals surface area contributed by atoms with E-state index in [9.17, 15) is 0 Å². The van der Waals surface area contributed by atoms with E-state index in [1.807, 2.05) is 24.6 Å². The number of nitrogens with one attached hydrogen (secondary N) is 2. The highest BCUT2D eigenvalue weighted by Gasteiger charge is 2.23. The predicted octanol–water partition coefficient (Wildman–Crippen LogP) is 3.35. The van der Waals surface area contributed by atoms with Crippen molar-refractivity contribution in [2.24, 2.45) is 4.99 Å². The number of ether oxygens (including phenoxy) is 1. The van der Waals surface area contributed by atoms with E-state index in [0.717, 1.165) is 43.6 Å². The van der Waals surface area contributed by atoms with Gasteiger partial charge in [0.25, 0.3) is 0 Å². The molecule has 1 atom stereocenters. The summed E-state index contributed by atoms with van der Waals surface area (Å²) in [6.45, 7) is 8.73. The first-order valence-corrected chi connectivity index (χ1v) is 10.9. The Morgan fingerprint density at radius 3 is 2.61 bits per heavy atom. The van der Waals surface area contributed by atoms with E-state index in [2.05, 4.69) is 39.6 Å². The second kappa shape index (κ2) is 10.4. The highest BCUT2D eigenvalue weighted by Crippen LogP contribution is 2.26. The zero-order valence-electron chi connectivity index (χ0n) is 17.1. The molecule has 1 aliphatic rings. The second-order valence-electron chi connectivity index (χ2n) is 6.97. The van der Waals surface area contributed by atoms with Gasteiger partial charge in [-0.05, 0) is 57.5 Å². The van der Waals surface area contributed by atoms with Crippen molar-refractivity contribution in [1.29, 1.82) is 0 Å². The molecule has 0 radical (unpaired) electrons. The standard InChI is InChI=1S/C21H31N5OS/c1-4-22-21(24-14-20-16(2)25-15-28-20)23-13-19(26-11-5-6-12-26)17-7-9-18(27-3)10-8-17/h7-10,15,19H,4-6,11-14H2,1-3H3,(H2,22,23,24). The van der Waals surface area contributed by atoms with Gasteiger partial charge in [-0.3, -0.25) is 4.90 Å². The smallest absolute Gasteiger partial charge is 0.191 e. The van der Waals surface area contributed by atoms with Crippen molar-refractivity contribution >= 4 is 17.3 Å². The summed E-state index contributed by atoms with van der Waals surface area (Å²) in [5.41, 5.74) is 4.26. The zero-order chi connectivity index (χ0) is 19.8. The molecule has 0 spiro atoms. The van der Waals surface area contributed by atoms with Gasteiger partial charge in [-0.25, -0.2) is 9.98 Å². The molecule has 152 valence electrons. The third-order valence-corrected chi connectivity index (χ3v) is 6.03. The number of rotatable bonds is 8. The summed E-state index contributed by atoms with van der Waals surface area (Å²) in [6, 6.07) is 8.76. The first kappa shape index (κ1) is 20.6. The number of nitrogens with zero attached hydrogens (tertiary/aromatic N) is 3. The molecule has 3 rings (SSSR count). The minimum Gasteiger partial charge on any atom is -0.497 e. The molecule has 1 aliphatic heterocycles. The fourth-order valence-electron chi connectivity index (χ4n) is 3.50. The SMILES string of the molecule is CCNC(=NCc1scnc1C)NCC(c1ccc(OC)cc1)N1CCCC1. The van der Waals surface area contributed by atoms with Crippen LogP contribution >= 0.6 is 11.3 Å². The van der Waals surface area contributed by atoms with Crippen molar-refractivity contribution in [1.82, 2.24) is 20.5 Å². The number of aliphatic imine (C=N–C) groups is 1. The van der Waals surface area contributed by atoms with E-state index in [4.69, 9.17) is 9.73 Å². The first-order valence-electron chi connectivity index (χ1n) is 10.0. The fraction of sp³-hybridized carbons (Fsp3) is 0.524. The molecule has 0 saturated carbocycles. The van der Waals surface area contributed by atoms with Crippen LogP contribution in [-0.4, -0.2) is 49.1 Å². The summed E-state index contributed by atoms with van der Waals surface area (Å²) in [6.07, 6.45) is 2.54. The quantitative estimate of drug-likeness (QED) is 0.525. The fourth-order valence-corrected chi connectivity index (χ4v) is 4.20. The maximum absolute atomic E-state index is 5.32. The van der Waals surface area contributed by atoms with Gasteiger partial charge >= 0.3 is 0 Å². The molecule has 2 heterocycles. The Balaban J connectivity index is 1.69. The van der Waals surface area contributed by atoms with E-state index in [1.165, 1.54) is 23.3 Å². The average Bonchev–Trinajstić information content (AvgIpc) is 3.39. The molecule has 2 aromatic rings. The van der Waals surface area contributed by atoms with Crippen LogP contribution < -0.4 is 15.4 Å². The minimum atomic E-state index is 0.322. The highest BCUT2D eigenvalue weighted by atomic mass is 32.1. The molecule has 0 amide bonds. The lowest BCUT2D eigenvalue weighted by atomic mass is 10.1. The molecule has 6 nitrogen and oxygen atoms in total. The lowest BCUT2D eigenvalue weighted by Crippen LogP contribution is -2.42.